The minimum absolute atomic E-state index is 0.295. The Labute approximate surface area is 151 Å². The third kappa shape index (κ3) is 8.99. The molecular weight excluding hydrogens is 344 g/mol. The second kappa shape index (κ2) is 11.1. The predicted molar refractivity (Wildman–Crippen MR) is 97.5 cm³/mol. The fourth-order valence-corrected chi connectivity index (χ4v) is 4.60. The van der Waals surface area contributed by atoms with E-state index < -0.39 is 34.0 Å². The fourth-order valence-electron chi connectivity index (χ4n) is 3.38. The summed E-state index contributed by atoms with van der Waals surface area (Å²) in [6.45, 7) is 3.63. The summed E-state index contributed by atoms with van der Waals surface area (Å²) in [7, 11) is -3.67. The summed E-state index contributed by atoms with van der Waals surface area (Å²) >= 11 is 0. The smallest absolute Gasteiger partial charge is 0.217 e. The standard InChI is InChI=1S/C17H34N2O5S/c1-3-4-10-18-25(23,24)12-16(21)17(22)15(19-13(2)20)11-14-8-6-5-7-9-14/h14-18,21-22H,3-12H2,1-2H3,(H,19,20)/t15-,16+,17+/m0/s1. The molecule has 0 saturated heterocycles. The molecule has 1 aliphatic carbocycles. The molecule has 0 aromatic carbocycles. The van der Waals surface area contributed by atoms with Gasteiger partial charge in [0.05, 0.1) is 17.9 Å². The number of carbonyl (C=O) groups excluding carboxylic acids is 1. The van der Waals surface area contributed by atoms with Crippen molar-refractivity contribution in [3.63, 3.8) is 0 Å². The molecule has 1 amide bonds. The highest BCUT2D eigenvalue weighted by molar-refractivity contribution is 7.89. The van der Waals surface area contributed by atoms with Crippen LogP contribution in [-0.4, -0.2) is 55.1 Å². The number of aliphatic hydroxyl groups is 2. The summed E-state index contributed by atoms with van der Waals surface area (Å²) in [4.78, 5) is 11.4. The summed E-state index contributed by atoms with van der Waals surface area (Å²) in [5.74, 6) is -0.485. The zero-order valence-electron chi connectivity index (χ0n) is 15.4. The Morgan fingerprint density at radius 1 is 1.20 bits per heavy atom. The highest BCUT2D eigenvalue weighted by atomic mass is 32.2. The van der Waals surface area contributed by atoms with Crippen molar-refractivity contribution in [2.45, 2.75) is 83.5 Å². The summed E-state index contributed by atoms with van der Waals surface area (Å²) in [5, 5.41) is 23.3. The van der Waals surface area contributed by atoms with E-state index in [2.05, 4.69) is 10.0 Å². The first-order chi connectivity index (χ1) is 11.7. The van der Waals surface area contributed by atoms with Gasteiger partial charge in [0, 0.05) is 13.5 Å². The monoisotopic (exact) mass is 378 g/mol. The number of hydrogen-bond donors (Lipinski definition) is 4. The Morgan fingerprint density at radius 2 is 1.84 bits per heavy atom. The second-order valence-electron chi connectivity index (χ2n) is 7.13. The SMILES string of the molecule is CCCCNS(=O)(=O)C[C@@H](O)[C@H](O)[C@H](CC1CCCCC1)NC(C)=O. The van der Waals surface area contributed by atoms with Gasteiger partial charge in [-0.15, -0.1) is 0 Å². The first-order valence-electron chi connectivity index (χ1n) is 9.35. The molecule has 0 spiro atoms. The first-order valence-corrected chi connectivity index (χ1v) is 11.0. The number of nitrogens with one attached hydrogen (secondary N) is 2. The molecule has 3 atom stereocenters. The van der Waals surface area contributed by atoms with Gasteiger partial charge in [-0.1, -0.05) is 45.4 Å². The summed E-state index contributed by atoms with van der Waals surface area (Å²) in [5.41, 5.74) is 0. The van der Waals surface area contributed by atoms with Crippen LogP contribution in [0.15, 0.2) is 0 Å². The molecule has 1 saturated carbocycles. The van der Waals surface area contributed by atoms with Gasteiger partial charge in [-0.3, -0.25) is 4.79 Å². The van der Waals surface area contributed by atoms with Crippen molar-refractivity contribution in [3.8, 4) is 0 Å². The largest absolute Gasteiger partial charge is 0.389 e. The number of amides is 1. The van der Waals surface area contributed by atoms with Gasteiger partial charge in [0.1, 0.15) is 6.10 Å². The van der Waals surface area contributed by atoms with Gasteiger partial charge in [-0.25, -0.2) is 13.1 Å². The van der Waals surface area contributed by atoms with Crippen LogP contribution >= 0.6 is 0 Å². The van der Waals surface area contributed by atoms with E-state index in [1.54, 1.807) is 0 Å². The van der Waals surface area contributed by atoms with Gasteiger partial charge in [-0.2, -0.15) is 0 Å². The van der Waals surface area contributed by atoms with Gasteiger partial charge in [0.2, 0.25) is 15.9 Å². The van der Waals surface area contributed by atoms with E-state index in [1.165, 1.54) is 13.3 Å². The molecule has 0 heterocycles. The van der Waals surface area contributed by atoms with Gasteiger partial charge in [0.15, 0.2) is 0 Å². The van der Waals surface area contributed by atoms with Crippen LogP contribution < -0.4 is 10.0 Å². The number of carbonyl (C=O) groups is 1. The number of unbranched alkanes of at least 4 members (excludes halogenated alkanes) is 1. The zero-order chi connectivity index (χ0) is 18.9. The lowest BCUT2D eigenvalue weighted by Crippen LogP contribution is -2.51. The molecule has 0 aromatic rings. The summed E-state index contributed by atoms with van der Waals surface area (Å²) in [6.07, 6.45) is 4.92. The van der Waals surface area contributed by atoms with Crippen molar-refractivity contribution >= 4 is 15.9 Å². The highest BCUT2D eigenvalue weighted by Crippen LogP contribution is 2.28. The normalized spacial score (nSPS) is 20.0. The molecule has 148 valence electrons. The highest BCUT2D eigenvalue weighted by Gasteiger charge is 2.32. The summed E-state index contributed by atoms with van der Waals surface area (Å²) in [6, 6.07) is -0.638. The molecule has 0 bridgehead atoms. The van der Waals surface area contributed by atoms with Crippen molar-refractivity contribution < 1.29 is 23.4 Å². The Hall–Kier alpha value is -0.700. The maximum absolute atomic E-state index is 12.0. The number of rotatable bonds is 11. The minimum Gasteiger partial charge on any atom is -0.389 e. The molecule has 1 fully saturated rings. The quantitative estimate of drug-likeness (QED) is 0.399. The molecule has 1 aliphatic rings. The molecule has 1 rings (SSSR count). The first kappa shape index (κ1) is 22.3. The molecule has 25 heavy (non-hydrogen) atoms. The maximum Gasteiger partial charge on any atom is 0.217 e. The molecular formula is C17H34N2O5S. The average Bonchev–Trinajstić information content (AvgIpc) is 2.53. The Balaban J connectivity index is 2.64. The van der Waals surface area contributed by atoms with Crippen molar-refractivity contribution in [3.05, 3.63) is 0 Å². The van der Waals surface area contributed by atoms with Gasteiger partial charge in [-0.05, 0) is 18.8 Å². The van der Waals surface area contributed by atoms with E-state index in [0.29, 0.717) is 25.3 Å². The fraction of sp³-hybridized carbons (Fsp3) is 0.941. The third-order valence-electron chi connectivity index (χ3n) is 4.75. The molecule has 4 N–H and O–H groups in total. The van der Waals surface area contributed by atoms with Crippen LogP contribution in [0.4, 0.5) is 0 Å². The van der Waals surface area contributed by atoms with Gasteiger partial charge < -0.3 is 15.5 Å². The molecule has 8 heteroatoms. The van der Waals surface area contributed by atoms with E-state index in [0.717, 1.165) is 32.1 Å². The lowest BCUT2D eigenvalue weighted by atomic mass is 9.83. The number of hydrogen-bond acceptors (Lipinski definition) is 5. The van der Waals surface area contributed by atoms with Crippen LogP contribution in [0.3, 0.4) is 0 Å². The lowest BCUT2D eigenvalue weighted by molar-refractivity contribution is -0.121. The van der Waals surface area contributed by atoms with Crippen LogP contribution in [0.5, 0.6) is 0 Å². The molecule has 7 nitrogen and oxygen atoms in total. The Morgan fingerprint density at radius 3 is 2.40 bits per heavy atom. The van der Waals surface area contributed by atoms with Crippen LogP contribution in [0.2, 0.25) is 0 Å². The second-order valence-corrected chi connectivity index (χ2v) is 8.99. The zero-order valence-corrected chi connectivity index (χ0v) is 16.2. The summed E-state index contributed by atoms with van der Waals surface area (Å²) < 4.78 is 26.4. The maximum atomic E-state index is 12.0. The molecule has 0 radical (unpaired) electrons. The van der Waals surface area contributed by atoms with Crippen LogP contribution in [-0.2, 0) is 14.8 Å². The topological polar surface area (TPSA) is 116 Å². The van der Waals surface area contributed by atoms with Crippen molar-refractivity contribution in [1.29, 1.82) is 0 Å². The van der Waals surface area contributed by atoms with E-state index in [9.17, 15) is 23.4 Å². The van der Waals surface area contributed by atoms with Crippen molar-refractivity contribution in [1.82, 2.24) is 10.0 Å². The van der Waals surface area contributed by atoms with Crippen molar-refractivity contribution in [2.24, 2.45) is 5.92 Å². The Kier molecular flexibility index (Phi) is 9.92. The predicted octanol–water partition coefficient (Wildman–Crippen LogP) is 0.903. The third-order valence-corrected chi connectivity index (χ3v) is 6.17. The molecule has 0 unspecified atom stereocenters. The number of sulfonamides is 1. The van der Waals surface area contributed by atoms with Gasteiger partial charge in [0.25, 0.3) is 0 Å². The van der Waals surface area contributed by atoms with Crippen LogP contribution in [0, 0.1) is 5.92 Å². The van der Waals surface area contributed by atoms with E-state index >= 15 is 0 Å². The van der Waals surface area contributed by atoms with Crippen molar-refractivity contribution in [2.75, 3.05) is 12.3 Å². The van der Waals surface area contributed by atoms with Crippen LogP contribution in [0.1, 0.15) is 65.2 Å². The minimum atomic E-state index is -3.67. The van der Waals surface area contributed by atoms with E-state index in [4.69, 9.17) is 0 Å². The molecule has 0 aliphatic heterocycles. The van der Waals surface area contributed by atoms with E-state index in [1.807, 2.05) is 6.92 Å². The van der Waals surface area contributed by atoms with E-state index in [-0.39, 0.29) is 5.91 Å². The van der Waals surface area contributed by atoms with Crippen LogP contribution in [0.25, 0.3) is 0 Å². The Bertz CT molecular complexity index is 491. The lowest BCUT2D eigenvalue weighted by Gasteiger charge is -2.31. The van der Waals surface area contributed by atoms with Gasteiger partial charge >= 0.3 is 0 Å². The average molecular weight is 379 g/mol. The molecule has 0 aromatic heterocycles. The number of aliphatic hydroxyl groups excluding tert-OH is 2.